The number of carbonyl (C=O) groups is 2. The Morgan fingerprint density at radius 1 is 1.33 bits per heavy atom. The van der Waals surface area contributed by atoms with Crippen molar-refractivity contribution in [2.75, 3.05) is 37.4 Å². The summed E-state index contributed by atoms with van der Waals surface area (Å²) in [6, 6.07) is 5.07. The smallest absolute Gasteiger partial charge is 0.250 e. The van der Waals surface area contributed by atoms with Crippen LogP contribution in [0.1, 0.15) is 19.3 Å². The number of halogens is 1. The zero-order valence-electron chi connectivity index (χ0n) is 13.7. The van der Waals surface area contributed by atoms with E-state index in [1.807, 2.05) is 0 Å². The molecule has 24 heavy (non-hydrogen) atoms. The summed E-state index contributed by atoms with van der Waals surface area (Å²) in [5.41, 5.74) is 1.34. The van der Waals surface area contributed by atoms with Crippen LogP contribution in [0.2, 0.25) is 5.02 Å². The summed E-state index contributed by atoms with van der Waals surface area (Å²) in [5, 5.41) is 9.31. The topological polar surface area (TPSA) is 79.5 Å². The highest BCUT2D eigenvalue weighted by molar-refractivity contribution is 6.34. The average molecular weight is 352 g/mol. The predicted molar refractivity (Wildman–Crippen MR) is 93.2 cm³/mol. The Morgan fingerprint density at radius 3 is 2.75 bits per heavy atom. The molecule has 1 aromatic rings. The maximum absolute atomic E-state index is 12.4. The van der Waals surface area contributed by atoms with Crippen molar-refractivity contribution in [2.45, 2.75) is 19.3 Å². The highest BCUT2D eigenvalue weighted by Gasteiger charge is 2.57. The lowest BCUT2D eigenvalue weighted by Gasteiger charge is -2.23. The maximum atomic E-state index is 12.4. The van der Waals surface area contributed by atoms with Crippen LogP contribution in [0.5, 0.6) is 0 Å². The van der Waals surface area contributed by atoms with Gasteiger partial charge in [-0.15, -0.1) is 0 Å². The van der Waals surface area contributed by atoms with Crippen LogP contribution in [0.3, 0.4) is 0 Å². The molecule has 1 unspecified atom stereocenters. The Balaban J connectivity index is 1.59. The fourth-order valence-corrected chi connectivity index (χ4v) is 3.66. The van der Waals surface area contributed by atoms with Gasteiger partial charge in [-0.25, -0.2) is 0 Å². The number of benzene rings is 1. The van der Waals surface area contributed by atoms with E-state index in [2.05, 4.69) is 16.0 Å². The molecule has 0 radical (unpaired) electrons. The first kappa shape index (κ1) is 17.2. The van der Waals surface area contributed by atoms with Crippen molar-refractivity contribution < 1.29 is 14.3 Å². The van der Waals surface area contributed by atoms with Crippen LogP contribution in [-0.4, -0.2) is 38.6 Å². The van der Waals surface area contributed by atoms with Crippen LogP contribution in [-0.2, 0) is 14.3 Å². The van der Waals surface area contributed by atoms with Crippen LogP contribution >= 0.6 is 11.6 Å². The normalized spacial score (nSPS) is 21.3. The highest BCUT2D eigenvalue weighted by Crippen LogP contribution is 2.58. The fourth-order valence-electron chi connectivity index (χ4n) is 3.44. The molecule has 6 nitrogen and oxygen atoms in total. The van der Waals surface area contributed by atoms with Crippen molar-refractivity contribution in [3.05, 3.63) is 23.2 Å². The number of amides is 2. The molecule has 1 saturated carbocycles. The molecule has 1 heterocycles. The first-order valence-corrected chi connectivity index (χ1v) is 8.52. The van der Waals surface area contributed by atoms with Crippen molar-refractivity contribution in [3.63, 3.8) is 0 Å². The molecule has 2 amide bonds. The third-order valence-corrected chi connectivity index (χ3v) is 5.20. The molecule has 1 aliphatic carbocycles. The SMILES string of the molecule is COCC(=O)Nc1ccc(NC(=O)C2CC23CCNCC3)cc1Cl. The van der Waals surface area contributed by atoms with Crippen molar-refractivity contribution in [2.24, 2.45) is 11.3 Å². The van der Waals surface area contributed by atoms with Gasteiger partial charge in [0, 0.05) is 18.7 Å². The summed E-state index contributed by atoms with van der Waals surface area (Å²) in [4.78, 5) is 24.0. The second-order valence-corrected chi connectivity index (χ2v) is 6.94. The van der Waals surface area contributed by atoms with Gasteiger partial charge in [-0.3, -0.25) is 9.59 Å². The van der Waals surface area contributed by atoms with E-state index in [0.29, 0.717) is 16.4 Å². The molecule has 0 bridgehead atoms. The molecular formula is C17H22ClN3O3. The predicted octanol–water partition coefficient (Wildman–Crippen LogP) is 2.25. The van der Waals surface area contributed by atoms with E-state index in [0.717, 1.165) is 32.4 Å². The quantitative estimate of drug-likeness (QED) is 0.760. The van der Waals surface area contributed by atoms with Gasteiger partial charge in [-0.05, 0) is 56.0 Å². The zero-order valence-corrected chi connectivity index (χ0v) is 14.4. The first-order valence-electron chi connectivity index (χ1n) is 8.14. The van der Waals surface area contributed by atoms with E-state index < -0.39 is 0 Å². The number of carbonyl (C=O) groups excluding carboxylic acids is 2. The van der Waals surface area contributed by atoms with Crippen LogP contribution in [0.25, 0.3) is 0 Å². The van der Waals surface area contributed by atoms with E-state index >= 15 is 0 Å². The van der Waals surface area contributed by atoms with Gasteiger partial charge in [-0.1, -0.05) is 11.6 Å². The highest BCUT2D eigenvalue weighted by atomic mass is 35.5. The van der Waals surface area contributed by atoms with Gasteiger partial charge in [0.15, 0.2) is 0 Å². The molecular weight excluding hydrogens is 330 g/mol. The van der Waals surface area contributed by atoms with Gasteiger partial charge in [0.25, 0.3) is 0 Å². The molecule has 0 aromatic heterocycles. The maximum Gasteiger partial charge on any atom is 0.250 e. The van der Waals surface area contributed by atoms with Crippen molar-refractivity contribution in [1.29, 1.82) is 0 Å². The summed E-state index contributed by atoms with van der Waals surface area (Å²) in [5.74, 6) is -0.120. The van der Waals surface area contributed by atoms with E-state index in [4.69, 9.17) is 16.3 Å². The molecule has 3 N–H and O–H groups in total. The van der Waals surface area contributed by atoms with E-state index in [-0.39, 0.29) is 29.8 Å². The summed E-state index contributed by atoms with van der Waals surface area (Å²) in [7, 11) is 1.45. The number of rotatable bonds is 5. The van der Waals surface area contributed by atoms with E-state index in [1.165, 1.54) is 7.11 Å². The van der Waals surface area contributed by atoms with Crippen molar-refractivity contribution in [1.82, 2.24) is 5.32 Å². The van der Waals surface area contributed by atoms with Crippen molar-refractivity contribution >= 4 is 34.8 Å². The lowest BCUT2D eigenvalue weighted by atomic mass is 9.92. The standard InChI is InChI=1S/C17H22ClN3O3/c1-24-10-15(22)21-14-3-2-11(8-13(14)18)20-16(23)12-9-17(12)4-6-19-7-5-17/h2-3,8,12,19H,4-7,9-10H2,1H3,(H,20,23)(H,21,22). The molecule has 1 spiro atoms. The summed E-state index contributed by atoms with van der Waals surface area (Å²) in [6.45, 7) is 1.95. The molecule has 3 rings (SSSR count). The summed E-state index contributed by atoms with van der Waals surface area (Å²) in [6.07, 6.45) is 3.10. The molecule has 1 aromatic carbocycles. The minimum atomic E-state index is -0.276. The molecule has 1 saturated heterocycles. The number of methoxy groups -OCH3 is 1. The van der Waals surface area contributed by atoms with Gasteiger partial charge < -0.3 is 20.7 Å². The lowest BCUT2D eigenvalue weighted by Crippen LogP contribution is -2.31. The monoisotopic (exact) mass is 351 g/mol. The number of anilines is 2. The van der Waals surface area contributed by atoms with Crippen LogP contribution < -0.4 is 16.0 Å². The number of hydrogen-bond acceptors (Lipinski definition) is 4. The minimum absolute atomic E-state index is 0.0343. The Morgan fingerprint density at radius 2 is 2.08 bits per heavy atom. The van der Waals surface area contributed by atoms with Gasteiger partial charge in [0.2, 0.25) is 11.8 Å². The zero-order chi connectivity index (χ0) is 17.2. The van der Waals surface area contributed by atoms with E-state index in [9.17, 15) is 9.59 Å². The largest absolute Gasteiger partial charge is 0.375 e. The molecule has 130 valence electrons. The minimum Gasteiger partial charge on any atom is -0.375 e. The number of nitrogens with one attached hydrogen (secondary N) is 3. The summed E-state index contributed by atoms with van der Waals surface area (Å²) >= 11 is 6.18. The van der Waals surface area contributed by atoms with Gasteiger partial charge in [0.1, 0.15) is 6.61 Å². The number of ether oxygens (including phenoxy) is 1. The van der Waals surface area contributed by atoms with Gasteiger partial charge in [-0.2, -0.15) is 0 Å². The third kappa shape index (κ3) is 3.71. The number of hydrogen-bond donors (Lipinski definition) is 3. The molecule has 1 aliphatic heterocycles. The molecule has 2 fully saturated rings. The number of piperidine rings is 1. The molecule has 7 heteroatoms. The van der Waals surface area contributed by atoms with Crippen LogP contribution in [0, 0.1) is 11.3 Å². The van der Waals surface area contributed by atoms with Gasteiger partial charge in [0.05, 0.1) is 10.7 Å². The molecule has 2 aliphatic rings. The fraction of sp³-hybridized carbons (Fsp3) is 0.529. The van der Waals surface area contributed by atoms with Crippen LogP contribution in [0.4, 0.5) is 11.4 Å². The Hall–Kier alpha value is -1.63. The second kappa shape index (κ2) is 7.09. The Kier molecular flexibility index (Phi) is 5.08. The van der Waals surface area contributed by atoms with E-state index in [1.54, 1.807) is 18.2 Å². The second-order valence-electron chi connectivity index (χ2n) is 6.53. The Labute approximate surface area is 146 Å². The first-order chi connectivity index (χ1) is 11.5. The molecule has 1 atom stereocenters. The Bertz CT molecular complexity index is 644. The van der Waals surface area contributed by atoms with Crippen molar-refractivity contribution in [3.8, 4) is 0 Å². The lowest BCUT2D eigenvalue weighted by molar-refractivity contribution is -0.120. The van der Waals surface area contributed by atoms with Crippen LogP contribution in [0.15, 0.2) is 18.2 Å². The third-order valence-electron chi connectivity index (χ3n) is 4.89. The van der Waals surface area contributed by atoms with Gasteiger partial charge >= 0.3 is 0 Å². The average Bonchev–Trinajstić information content (AvgIpc) is 3.24. The summed E-state index contributed by atoms with van der Waals surface area (Å²) < 4.78 is 4.76.